The molecule has 2 heterocycles. The second kappa shape index (κ2) is 5.85. The molecule has 0 saturated carbocycles. The molecule has 1 fully saturated rings. The van der Waals surface area contributed by atoms with Crippen molar-refractivity contribution < 1.29 is 4.74 Å². The second-order valence-corrected chi connectivity index (χ2v) is 5.08. The largest absolute Gasteiger partial charge is 0.381 e. The van der Waals surface area contributed by atoms with E-state index in [4.69, 9.17) is 22.1 Å². The number of hydrogen-bond donors (Lipinski definition) is 1. The van der Waals surface area contributed by atoms with E-state index >= 15 is 0 Å². The number of nitrogens with zero attached hydrogens (tertiary/aromatic N) is 2. The van der Waals surface area contributed by atoms with Gasteiger partial charge in [-0.2, -0.15) is 5.10 Å². The summed E-state index contributed by atoms with van der Waals surface area (Å²) < 4.78 is 7.31. The molecule has 0 amide bonds. The summed E-state index contributed by atoms with van der Waals surface area (Å²) in [5, 5.41) is 4.96. The number of hydrogen-bond acceptors (Lipinski definition) is 3. The van der Waals surface area contributed by atoms with Crippen molar-refractivity contribution in [1.82, 2.24) is 9.78 Å². The molecule has 17 heavy (non-hydrogen) atoms. The lowest BCUT2D eigenvalue weighted by atomic mass is 9.98. The molecule has 1 aliphatic heterocycles. The van der Waals surface area contributed by atoms with Gasteiger partial charge in [0, 0.05) is 25.8 Å². The number of halogens is 1. The quantitative estimate of drug-likeness (QED) is 0.881. The van der Waals surface area contributed by atoms with Crippen molar-refractivity contribution in [2.75, 3.05) is 13.2 Å². The molecule has 2 N–H and O–H groups in total. The highest BCUT2D eigenvalue weighted by Gasteiger charge is 2.23. The molecule has 4 nitrogen and oxygen atoms in total. The van der Waals surface area contributed by atoms with E-state index in [-0.39, 0.29) is 6.04 Å². The summed E-state index contributed by atoms with van der Waals surface area (Å²) in [6, 6.07) is -0.0387. The van der Waals surface area contributed by atoms with Crippen LogP contribution in [0.4, 0.5) is 0 Å². The van der Waals surface area contributed by atoms with Gasteiger partial charge in [-0.25, -0.2) is 0 Å². The molecule has 2 atom stereocenters. The van der Waals surface area contributed by atoms with E-state index in [1.165, 1.54) is 0 Å². The zero-order valence-electron chi connectivity index (χ0n) is 10.2. The summed E-state index contributed by atoms with van der Waals surface area (Å²) in [7, 11) is 0. The average Bonchev–Trinajstić information content (AvgIpc) is 2.89. The normalized spacial score (nSPS) is 21.9. The van der Waals surface area contributed by atoms with Crippen LogP contribution in [0.1, 0.15) is 37.9 Å². The van der Waals surface area contributed by atoms with Gasteiger partial charge < -0.3 is 10.5 Å². The first-order valence-corrected chi connectivity index (χ1v) is 6.64. The highest BCUT2D eigenvalue weighted by Crippen LogP contribution is 2.29. The molecular formula is C12H20ClN3O. The van der Waals surface area contributed by atoms with Gasteiger partial charge in [-0.1, -0.05) is 18.5 Å². The molecule has 1 aliphatic rings. The Bertz CT molecular complexity index is 361. The van der Waals surface area contributed by atoms with Crippen LogP contribution in [0.15, 0.2) is 6.20 Å². The van der Waals surface area contributed by atoms with E-state index < -0.39 is 0 Å². The molecule has 5 heteroatoms. The van der Waals surface area contributed by atoms with Gasteiger partial charge in [-0.05, 0) is 25.2 Å². The van der Waals surface area contributed by atoms with Crippen molar-refractivity contribution in [3.8, 4) is 0 Å². The first-order chi connectivity index (χ1) is 8.22. The van der Waals surface area contributed by atoms with Crippen LogP contribution < -0.4 is 5.73 Å². The van der Waals surface area contributed by atoms with Crippen LogP contribution in [-0.4, -0.2) is 23.0 Å². The van der Waals surface area contributed by atoms with Crippen LogP contribution in [0, 0.1) is 5.92 Å². The van der Waals surface area contributed by atoms with E-state index in [1.807, 2.05) is 4.68 Å². The van der Waals surface area contributed by atoms with Gasteiger partial charge in [0.2, 0.25) is 0 Å². The summed E-state index contributed by atoms with van der Waals surface area (Å²) in [5.74, 6) is 0.561. The fourth-order valence-corrected chi connectivity index (χ4v) is 2.65. The molecule has 1 aromatic rings. The fourth-order valence-electron chi connectivity index (χ4n) is 2.37. The maximum Gasteiger partial charge on any atom is 0.0834 e. The Kier molecular flexibility index (Phi) is 4.42. The van der Waals surface area contributed by atoms with Gasteiger partial charge in [0.1, 0.15) is 0 Å². The predicted molar refractivity (Wildman–Crippen MR) is 68.0 cm³/mol. The number of aryl methyl sites for hydroxylation is 1. The van der Waals surface area contributed by atoms with E-state index in [0.717, 1.165) is 44.7 Å². The minimum Gasteiger partial charge on any atom is -0.381 e. The van der Waals surface area contributed by atoms with Crippen LogP contribution in [0.5, 0.6) is 0 Å². The Hall–Kier alpha value is -0.580. The lowest BCUT2D eigenvalue weighted by molar-refractivity contribution is 0.182. The Labute approximate surface area is 107 Å². The molecule has 0 radical (unpaired) electrons. The van der Waals surface area contributed by atoms with Crippen molar-refractivity contribution >= 4 is 11.6 Å². The van der Waals surface area contributed by atoms with Crippen LogP contribution in [0.2, 0.25) is 5.02 Å². The summed E-state index contributed by atoms with van der Waals surface area (Å²) in [6.07, 6.45) is 4.75. The molecular weight excluding hydrogens is 238 g/mol. The third-order valence-electron chi connectivity index (χ3n) is 3.23. The summed E-state index contributed by atoms with van der Waals surface area (Å²) in [6.45, 7) is 4.68. The molecule has 1 aromatic heterocycles. The smallest absolute Gasteiger partial charge is 0.0834 e. The molecule has 2 unspecified atom stereocenters. The van der Waals surface area contributed by atoms with E-state index in [9.17, 15) is 0 Å². The van der Waals surface area contributed by atoms with E-state index in [2.05, 4.69) is 12.0 Å². The minimum absolute atomic E-state index is 0.0387. The third kappa shape index (κ3) is 3.00. The van der Waals surface area contributed by atoms with Crippen molar-refractivity contribution in [3.05, 3.63) is 16.9 Å². The standard InChI is InChI=1S/C12H20ClN3O/c1-2-4-16-12(10(13)7-15-16)11(14)6-9-3-5-17-8-9/h7,9,11H,2-6,8,14H2,1H3. The highest BCUT2D eigenvalue weighted by molar-refractivity contribution is 6.31. The molecule has 0 aliphatic carbocycles. The predicted octanol–water partition coefficient (Wildman–Crippen LogP) is 2.37. The van der Waals surface area contributed by atoms with Crippen LogP contribution in [-0.2, 0) is 11.3 Å². The number of ether oxygens (including phenoxy) is 1. The van der Waals surface area contributed by atoms with Crippen LogP contribution >= 0.6 is 11.6 Å². The second-order valence-electron chi connectivity index (χ2n) is 4.67. The first kappa shape index (κ1) is 12.9. The zero-order chi connectivity index (χ0) is 12.3. The summed E-state index contributed by atoms with van der Waals surface area (Å²) in [4.78, 5) is 0. The highest BCUT2D eigenvalue weighted by atomic mass is 35.5. The van der Waals surface area contributed by atoms with Crippen LogP contribution in [0.3, 0.4) is 0 Å². The molecule has 0 bridgehead atoms. The van der Waals surface area contributed by atoms with Gasteiger partial charge >= 0.3 is 0 Å². The van der Waals surface area contributed by atoms with Crippen molar-refractivity contribution in [3.63, 3.8) is 0 Å². The van der Waals surface area contributed by atoms with Gasteiger partial charge in [-0.15, -0.1) is 0 Å². The Balaban J connectivity index is 2.05. The van der Waals surface area contributed by atoms with Gasteiger partial charge in [0.25, 0.3) is 0 Å². The molecule has 0 spiro atoms. The van der Waals surface area contributed by atoms with Gasteiger partial charge in [0.05, 0.1) is 16.9 Å². The maximum absolute atomic E-state index is 6.25. The Morgan fingerprint density at radius 3 is 3.18 bits per heavy atom. The van der Waals surface area contributed by atoms with E-state index in [0.29, 0.717) is 10.9 Å². The molecule has 1 saturated heterocycles. The molecule has 2 rings (SSSR count). The first-order valence-electron chi connectivity index (χ1n) is 6.27. The van der Waals surface area contributed by atoms with E-state index in [1.54, 1.807) is 6.20 Å². The Morgan fingerprint density at radius 1 is 1.71 bits per heavy atom. The number of nitrogens with two attached hydrogens (primary N) is 1. The number of aromatic nitrogens is 2. The van der Waals surface area contributed by atoms with Gasteiger partial charge in [-0.3, -0.25) is 4.68 Å². The van der Waals surface area contributed by atoms with Crippen molar-refractivity contribution in [2.45, 2.75) is 38.8 Å². The van der Waals surface area contributed by atoms with Crippen molar-refractivity contribution in [1.29, 1.82) is 0 Å². The number of rotatable bonds is 5. The SMILES string of the molecule is CCCn1ncc(Cl)c1C(N)CC1CCOC1. The molecule has 0 aromatic carbocycles. The fraction of sp³-hybridized carbons (Fsp3) is 0.750. The summed E-state index contributed by atoms with van der Waals surface area (Å²) >= 11 is 6.17. The van der Waals surface area contributed by atoms with Crippen molar-refractivity contribution in [2.24, 2.45) is 11.7 Å². The lowest BCUT2D eigenvalue weighted by Crippen LogP contribution is -2.20. The average molecular weight is 258 g/mol. The third-order valence-corrected chi connectivity index (χ3v) is 3.52. The maximum atomic E-state index is 6.25. The topological polar surface area (TPSA) is 53.1 Å². The minimum atomic E-state index is -0.0387. The lowest BCUT2D eigenvalue weighted by Gasteiger charge is -2.17. The Morgan fingerprint density at radius 2 is 2.53 bits per heavy atom. The zero-order valence-corrected chi connectivity index (χ0v) is 11.0. The monoisotopic (exact) mass is 257 g/mol. The van der Waals surface area contributed by atoms with Gasteiger partial charge in [0.15, 0.2) is 0 Å². The van der Waals surface area contributed by atoms with Crippen LogP contribution in [0.25, 0.3) is 0 Å². The molecule has 96 valence electrons. The summed E-state index contributed by atoms with van der Waals surface area (Å²) in [5.41, 5.74) is 7.22.